The average Bonchev–Trinajstić information content (AvgIpc) is 2.52. The number of carbonyl (C=O) groups excluding carboxylic acids is 1. The van der Waals surface area contributed by atoms with Gasteiger partial charge in [-0.15, -0.1) is 0 Å². The summed E-state index contributed by atoms with van der Waals surface area (Å²) in [6.07, 6.45) is 3.29. The molecule has 0 saturated heterocycles. The molecule has 2 rings (SSSR count). The van der Waals surface area contributed by atoms with E-state index in [1.165, 1.54) is 18.0 Å². The average molecular weight is 300 g/mol. The van der Waals surface area contributed by atoms with Crippen molar-refractivity contribution in [1.82, 2.24) is 10.3 Å². The first-order valence-corrected chi connectivity index (χ1v) is 6.64. The van der Waals surface area contributed by atoms with Crippen molar-refractivity contribution < 1.29 is 9.72 Å². The van der Waals surface area contributed by atoms with E-state index in [0.29, 0.717) is 6.54 Å². The van der Waals surface area contributed by atoms with E-state index < -0.39 is 11.0 Å². The van der Waals surface area contributed by atoms with Gasteiger partial charge in [0.2, 0.25) is 0 Å². The highest BCUT2D eigenvalue weighted by atomic mass is 16.6. The molecule has 1 aromatic carbocycles. The maximum atomic E-state index is 12.1. The van der Waals surface area contributed by atoms with Crippen molar-refractivity contribution in [3.8, 4) is 0 Å². The summed E-state index contributed by atoms with van der Waals surface area (Å²) in [5.41, 5.74) is 1.76. The van der Waals surface area contributed by atoms with Gasteiger partial charge in [0.05, 0.1) is 4.92 Å². The van der Waals surface area contributed by atoms with Gasteiger partial charge in [-0.25, -0.2) is 4.79 Å². The number of urea groups is 1. The molecule has 1 heterocycles. The summed E-state index contributed by atoms with van der Waals surface area (Å²) in [5, 5.41) is 13.8. The number of rotatable bonds is 4. The Balaban J connectivity index is 2.12. The molecule has 0 atom stereocenters. The fraction of sp³-hybridized carbons (Fsp3) is 0.200. The number of pyridine rings is 1. The molecule has 0 aliphatic rings. The lowest BCUT2D eigenvalue weighted by Gasteiger charge is -2.18. The third kappa shape index (κ3) is 3.57. The molecule has 0 bridgehead atoms. The van der Waals surface area contributed by atoms with Crippen molar-refractivity contribution in [2.75, 3.05) is 11.9 Å². The number of nitro benzene ring substituents is 1. The highest BCUT2D eigenvalue weighted by Crippen LogP contribution is 2.28. The van der Waals surface area contributed by atoms with Crippen LogP contribution in [0, 0.1) is 17.0 Å². The largest absolute Gasteiger partial charge is 0.334 e. The number of anilines is 1. The highest BCUT2D eigenvalue weighted by Gasteiger charge is 2.21. The Labute approximate surface area is 127 Å². The van der Waals surface area contributed by atoms with Crippen molar-refractivity contribution in [1.29, 1.82) is 0 Å². The van der Waals surface area contributed by atoms with Gasteiger partial charge >= 0.3 is 6.03 Å². The maximum Gasteiger partial charge on any atom is 0.322 e. The fourth-order valence-electron chi connectivity index (χ4n) is 1.97. The molecule has 22 heavy (non-hydrogen) atoms. The molecule has 114 valence electrons. The first kappa shape index (κ1) is 15.4. The molecular weight excluding hydrogens is 284 g/mol. The first-order valence-electron chi connectivity index (χ1n) is 6.64. The van der Waals surface area contributed by atoms with Crippen molar-refractivity contribution >= 4 is 17.4 Å². The molecule has 7 nitrogen and oxygen atoms in total. The summed E-state index contributed by atoms with van der Waals surface area (Å²) < 4.78 is 0. The number of aryl methyl sites for hydroxylation is 1. The van der Waals surface area contributed by atoms with Crippen LogP contribution in [0.3, 0.4) is 0 Å². The molecule has 2 aromatic rings. The number of nitrogens with one attached hydrogen (secondary N) is 1. The molecule has 1 aromatic heterocycles. The van der Waals surface area contributed by atoms with Gasteiger partial charge in [-0.1, -0.05) is 12.1 Å². The van der Waals surface area contributed by atoms with Crippen molar-refractivity contribution in [3.05, 3.63) is 64.0 Å². The van der Waals surface area contributed by atoms with E-state index >= 15 is 0 Å². The number of nitro groups is 1. The van der Waals surface area contributed by atoms with E-state index in [1.807, 2.05) is 6.07 Å². The number of amides is 2. The zero-order valence-corrected chi connectivity index (χ0v) is 12.3. The Morgan fingerprint density at radius 3 is 2.82 bits per heavy atom. The summed E-state index contributed by atoms with van der Waals surface area (Å²) in [6, 6.07) is 7.93. The SMILES string of the molecule is Cc1ccc(N(C)C(=O)NCc2cccnc2)c([N+](=O)[O-])c1. The number of aromatic nitrogens is 1. The van der Waals surface area contributed by atoms with Crippen LogP contribution in [0.25, 0.3) is 0 Å². The van der Waals surface area contributed by atoms with Gasteiger partial charge in [0, 0.05) is 32.1 Å². The summed E-state index contributed by atoms with van der Waals surface area (Å²) in [5.74, 6) is 0. The second kappa shape index (κ2) is 6.66. The molecule has 0 aliphatic heterocycles. The quantitative estimate of drug-likeness (QED) is 0.694. The predicted octanol–water partition coefficient (Wildman–Crippen LogP) is 2.64. The monoisotopic (exact) mass is 300 g/mol. The molecule has 0 fully saturated rings. The van der Waals surface area contributed by atoms with Crippen LogP contribution in [0.4, 0.5) is 16.2 Å². The minimum Gasteiger partial charge on any atom is -0.334 e. The van der Waals surface area contributed by atoms with Crippen LogP contribution >= 0.6 is 0 Å². The standard InChI is InChI=1S/C15H16N4O3/c1-11-5-6-13(14(8-11)19(21)22)18(2)15(20)17-10-12-4-3-7-16-9-12/h3-9H,10H2,1-2H3,(H,17,20). The Morgan fingerprint density at radius 2 is 2.18 bits per heavy atom. The van der Waals surface area contributed by atoms with E-state index in [0.717, 1.165) is 11.1 Å². The smallest absolute Gasteiger partial charge is 0.322 e. The van der Waals surface area contributed by atoms with Crippen LogP contribution in [0.5, 0.6) is 0 Å². The normalized spacial score (nSPS) is 10.1. The Morgan fingerprint density at radius 1 is 1.41 bits per heavy atom. The maximum absolute atomic E-state index is 12.1. The lowest BCUT2D eigenvalue weighted by molar-refractivity contribution is -0.384. The Kier molecular flexibility index (Phi) is 4.67. The van der Waals surface area contributed by atoms with Crippen molar-refractivity contribution in [3.63, 3.8) is 0 Å². The minimum atomic E-state index is -0.493. The number of nitrogens with zero attached hydrogens (tertiary/aromatic N) is 3. The second-order valence-corrected chi connectivity index (χ2v) is 4.83. The zero-order valence-electron chi connectivity index (χ0n) is 12.3. The number of hydrogen-bond acceptors (Lipinski definition) is 4. The van der Waals surface area contributed by atoms with Gasteiger partial charge in [-0.3, -0.25) is 20.0 Å². The highest BCUT2D eigenvalue weighted by molar-refractivity contribution is 5.93. The summed E-state index contributed by atoms with van der Waals surface area (Å²) in [6.45, 7) is 2.07. The number of benzene rings is 1. The van der Waals surface area contributed by atoms with E-state index in [4.69, 9.17) is 0 Å². The summed E-state index contributed by atoms with van der Waals surface area (Å²) in [7, 11) is 1.50. The third-order valence-corrected chi connectivity index (χ3v) is 3.16. The van der Waals surface area contributed by atoms with Crippen LogP contribution in [0.15, 0.2) is 42.7 Å². The van der Waals surface area contributed by atoms with E-state index in [2.05, 4.69) is 10.3 Å². The molecule has 0 aliphatic carbocycles. The number of carbonyl (C=O) groups is 1. The van der Waals surface area contributed by atoms with Crippen LogP contribution in [-0.2, 0) is 6.54 Å². The molecule has 1 N–H and O–H groups in total. The van der Waals surface area contributed by atoms with Gasteiger partial charge in [-0.2, -0.15) is 0 Å². The zero-order chi connectivity index (χ0) is 16.1. The molecule has 0 unspecified atom stereocenters. The topological polar surface area (TPSA) is 88.4 Å². The van der Waals surface area contributed by atoms with Crippen LogP contribution < -0.4 is 10.2 Å². The van der Waals surface area contributed by atoms with E-state index in [1.54, 1.807) is 37.5 Å². The molecule has 0 spiro atoms. The molecule has 0 radical (unpaired) electrons. The molecule has 7 heteroatoms. The van der Waals surface area contributed by atoms with Gasteiger partial charge in [0.25, 0.3) is 5.69 Å². The molecule has 2 amide bonds. The minimum absolute atomic E-state index is 0.0981. The van der Waals surface area contributed by atoms with E-state index in [-0.39, 0.29) is 11.4 Å². The van der Waals surface area contributed by atoms with Crippen molar-refractivity contribution in [2.45, 2.75) is 13.5 Å². The Bertz CT molecular complexity index is 688. The predicted molar refractivity (Wildman–Crippen MR) is 82.7 cm³/mol. The van der Waals surface area contributed by atoms with Gasteiger partial charge in [0.1, 0.15) is 5.69 Å². The lowest BCUT2D eigenvalue weighted by atomic mass is 10.2. The van der Waals surface area contributed by atoms with Gasteiger partial charge in [0.15, 0.2) is 0 Å². The molecular formula is C15H16N4O3. The van der Waals surface area contributed by atoms with E-state index in [9.17, 15) is 14.9 Å². The van der Waals surface area contributed by atoms with Crippen molar-refractivity contribution in [2.24, 2.45) is 0 Å². The summed E-state index contributed by atoms with van der Waals surface area (Å²) >= 11 is 0. The van der Waals surface area contributed by atoms with Gasteiger partial charge < -0.3 is 5.32 Å². The molecule has 0 saturated carbocycles. The second-order valence-electron chi connectivity index (χ2n) is 4.83. The van der Waals surface area contributed by atoms with Crippen LogP contribution in [0.2, 0.25) is 0 Å². The number of hydrogen-bond donors (Lipinski definition) is 1. The van der Waals surface area contributed by atoms with Gasteiger partial charge in [-0.05, 0) is 30.2 Å². The Hall–Kier alpha value is -2.96. The summed E-state index contributed by atoms with van der Waals surface area (Å²) in [4.78, 5) is 28.0. The van der Waals surface area contributed by atoms with Crippen LogP contribution in [0.1, 0.15) is 11.1 Å². The van der Waals surface area contributed by atoms with Crippen LogP contribution in [-0.4, -0.2) is 23.0 Å². The fourth-order valence-corrected chi connectivity index (χ4v) is 1.97. The first-order chi connectivity index (χ1) is 10.5. The third-order valence-electron chi connectivity index (χ3n) is 3.16. The lowest BCUT2D eigenvalue weighted by Crippen LogP contribution is -2.37.